The first kappa shape index (κ1) is 22.7. The Labute approximate surface area is 192 Å². The second kappa shape index (κ2) is 9.26. The third-order valence-electron chi connectivity index (χ3n) is 5.38. The third-order valence-corrected chi connectivity index (χ3v) is 5.38. The summed E-state index contributed by atoms with van der Waals surface area (Å²) < 4.78 is 0. The van der Waals surface area contributed by atoms with E-state index in [1.807, 2.05) is 12.1 Å². The van der Waals surface area contributed by atoms with Gasteiger partial charge >= 0.3 is 21.7 Å². The molecule has 1 nitrogen and oxygen atoms in total. The van der Waals surface area contributed by atoms with E-state index < -0.39 is 0 Å². The smallest absolute Gasteiger partial charge is 1.00 e. The summed E-state index contributed by atoms with van der Waals surface area (Å²) in [5.41, 5.74) is 7.51. The summed E-state index contributed by atoms with van der Waals surface area (Å²) in [4.78, 5) is 0. The van der Waals surface area contributed by atoms with Gasteiger partial charge < -0.3 is 29.9 Å². The molecule has 0 atom stereocenters. The maximum absolute atomic E-state index is 10.2. The van der Waals surface area contributed by atoms with Crippen LogP contribution in [0.4, 0.5) is 0 Å². The minimum atomic E-state index is 0. The van der Waals surface area contributed by atoms with Crippen LogP contribution < -0.4 is 24.8 Å². The van der Waals surface area contributed by atoms with Gasteiger partial charge in [-0.1, -0.05) is 84.9 Å². The zero-order chi connectivity index (χ0) is 16.8. The maximum Gasteiger partial charge on any atom is 2.00 e. The van der Waals surface area contributed by atoms with Gasteiger partial charge in [0.2, 0.25) is 0 Å². The average molecular weight is 441 g/mol. The minimum absolute atomic E-state index is 0. The van der Waals surface area contributed by atoms with E-state index in [9.17, 15) is 5.11 Å². The molecule has 1 aliphatic carbocycles. The van der Waals surface area contributed by atoms with E-state index >= 15 is 0 Å². The van der Waals surface area contributed by atoms with Gasteiger partial charge in [0, 0.05) is 5.92 Å². The van der Waals surface area contributed by atoms with Crippen molar-refractivity contribution in [3.8, 4) is 11.1 Å². The van der Waals surface area contributed by atoms with Crippen LogP contribution in [0.5, 0.6) is 0 Å². The fourth-order valence-corrected chi connectivity index (χ4v) is 4.29. The third kappa shape index (κ3) is 3.43. The predicted molar refractivity (Wildman–Crippen MR) is 103 cm³/mol. The Morgan fingerprint density at radius 1 is 0.607 bits per heavy atom. The summed E-state index contributed by atoms with van der Waals surface area (Å²) in [5, 5.41) is 12.5. The number of benzene rings is 4. The van der Waals surface area contributed by atoms with Crippen molar-refractivity contribution >= 4 is 10.8 Å². The molecule has 0 aliphatic heterocycles. The Hall–Kier alpha value is -1.61. The van der Waals surface area contributed by atoms with Crippen LogP contribution in [-0.2, 0) is 28.3 Å². The molecule has 0 aromatic heterocycles. The molecule has 4 aromatic rings. The van der Waals surface area contributed by atoms with Crippen LogP contribution in [0.2, 0.25) is 0 Å². The second-order valence-electron chi connectivity index (χ2n) is 6.62. The van der Waals surface area contributed by atoms with Crippen LogP contribution >= 0.6 is 0 Å². The van der Waals surface area contributed by atoms with Crippen molar-refractivity contribution in [2.45, 2.75) is 12.5 Å². The van der Waals surface area contributed by atoms with E-state index in [1.54, 1.807) is 0 Å². The quantitative estimate of drug-likeness (QED) is 0.367. The maximum atomic E-state index is 10.2. The van der Waals surface area contributed by atoms with Crippen molar-refractivity contribution in [3.63, 3.8) is 0 Å². The first-order chi connectivity index (χ1) is 12.4. The van der Waals surface area contributed by atoms with Crippen molar-refractivity contribution in [2.24, 2.45) is 0 Å². The van der Waals surface area contributed by atoms with Gasteiger partial charge in [-0.05, 0) is 44.2 Å². The predicted octanol–water partition coefficient (Wildman–Crippen LogP) is -0.502. The number of fused-ring (bicyclic) bond motifs is 4. The molecule has 1 aliphatic rings. The van der Waals surface area contributed by atoms with Crippen molar-refractivity contribution in [3.05, 3.63) is 107 Å². The fraction of sp³-hybridized carbons (Fsp3) is 0.0833. The van der Waals surface area contributed by atoms with E-state index in [1.165, 1.54) is 33.2 Å². The van der Waals surface area contributed by atoms with E-state index in [2.05, 4.69) is 72.8 Å². The number of hydrogen-bond acceptors (Lipinski definition) is 1. The van der Waals surface area contributed by atoms with Crippen LogP contribution in [0, 0.1) is 0 Å². The van der Waals surface area contributed by atoms with Gasteiger partial charge in [0.1, 0.15) is 0 Å². The van der Waals surface area contributed by atoms with Gasteiger partial charge in [-0.2, -0.15) is 0 Å². The molecule has 0 heterocycles. The van der Waals surface area contributed by atoms with Gasteiger partial charge in [0.25, 0.3) is 0 Å². The number of aliphatic hydroxyl groups excluding tert-OH is 1. The van der Waals surface area contributed by atoms with Crippen LogP contribution in [-0.4, -0.2) is 5.11 Å². The second-order valence-corrected chi connectivity index (χ2v) is 6.62. The van der Waals surface area contributed by atoms with Gasteiger partial charge in [0.15, 0.2) is 0 Å². The standard InChI is InChI=1S/C24H18O.2ClH.Ti/c25-15-23-17-8-2-1-7-16(17)13-14-22(23)24-20-11-5-3-9-18(20)19-10-4-6-12-21(19)24;;;/h1-14,24-25H,15H2;2*1H;/q;;;+2/p-2. The van der Waals surface area contributed by atoms with E-state index in [0.29, 0.717) is 0 Å². The van der Waals surface area contributed by atoms with Gasteiger partial charge in [-0.15, -0.1) is 0 Å². The first-order valence-electron chi connectivity index (χ1n) is 8.68. The molecule has 0 unspecified atom stereocenters. The summed E-state index contributed by atoms with van der Waals surface area (Å²) in [6.45, 7) is 0.0531. The largest absolute Gasteiger partial charge is 2.00 e. The Morgan fingerprint density at radius 2 is 1.14 bits per heavy atom. The minimum Gasteiger partial charge on any atom is -1.00 e. The molecule has 4 aromatic carbocycles. The zero-order valence-electron chi connectivity index (χ0n) is 15.1. The molecule has 0 saturated carbocycles. The zero-order valence-corrected chi connectivity index (χ0v) is 18.1. The summed E-state index contributed by atoms with van der Waals surface area (Å²) in [6.07, 6.45) is 0. The number of aliphatic hydroxyl groups is 1. The topological polar surface area (TPSA) is 20.2 Å². The summed E-state index contributed by atoms with van der Waals surface area (Å²) in [5.74, 6) is 0.180. The normalized spacial score (nSPS) is 11.6. The molecule has 0 radical (unpaired) electrons. The molecule has 0 fully saturated rings. The summed E-state index contributed by atoms with van der Waals surface area (Å²) >= 11 is 0. The molecule has 5 rings (SSSR count). The molecule has 0 bridgehead atoms. The van der Waals surface area contributed by atoms with Gasteiger partial charge in [-0.3, -0.25) is 0 Å². The molecule has 0 spiro atoms. The van der Waals surface area contributed by atoms with Crippen LogP contribution in [0.25, 0.3) is 21.9 Å². The number of rotatable bonds is 2. The van der Waals surface area contributed by atoms with Crippen LogP contribution in [0.15, 0.2) is 84.9 Å². The molecule has 28 heavy (non-hydrogen) atoms. The van der Waals surface area contributed by atoms with Crippen LogP contribution in [0.3, 0.4) is 0 Å². The van der Waals surface area contributed by atoms with E-state index in [0.717, 1.165) is 10.9 Å². The van der Waals surface area contributed by atoms with Crippen LogP contribution in [0.1, 0.15) is 28.2 Å². The molecular formula is C24H18Cl2OTi. The molecule has 4 heteroatoms. The van der Waals surface area contributed by atoms with Crippen molar-refractivity contribution in [1.29, 1.82) is 0 Å². The van der Waals surface area contributed by atoms with Gasteiger partial charge in [-0.25, -0.2) is 0 Å². The number of halogens is 2. The molecule has 0 amide bonds. The number of hydrogen-bond donors (Lipinski definition) is 1. The Morgan fingerprint density at radius 3 is 1.75 bits per heavy atom. The molecule has 1 N–H and O–H groups in total. The Bertz CT molecular complexity index is 1060. The fourth-order valence-electron chi connectivity index (χ4n) is 4.29. The Balaban J connectivity index is 0.000000934. The van der Waals surface area contributed by atoms with Gasteiger partial charge in [0.05, 0.1) is 6.61 Å². The molecular weight excluding hydrogens is 423 g/mol. The monoisotopic (exact) mass is 440 g/mol. The SMILES string of the molecule is OCc1c(C2c3ccccc3-c3ccccc32)ccc2ccccc12.[Cl-].[Cl-].[Ti+2]. The van der Waals surface area contributed by atoms with Crippen molar-refractivity contribution < 1.29 is 51.6 Å². The molecule has 138 valence electrons. The van der Waals surface area contributed by atoms with Crippen molar-refractivity contribution in [2.75, 3.05) is 0 Å². The summed E-state index contributed by atoms with van der Waals surface area (Å²) in [6, 6.07) is 29.9. The van der Waals surface area contributed by atoms with E-state index in [4.69, 9.17) is 0 Å². The molecule has 0 saturated heterocycles. The summed E-state index contributed by atoms with van der Waals surface area (Å²) in [7, 11) is 0. The van der Waals surface area contributed by atoms with E-state index in [-0.39, 0.29) is 59.1 Å². The average Bonchev–Trinajstić information content (AvgIpc) is 3.01. The van der Waals surface area contributed by atoms with Crippen molar-refractivity contribution in [1.82, 2.24) is 0 Å². The Kier molecular flexibility index (Phi) is 7.50. The first-order valence-corrected chi connectivity index (χ1v) is 8.68.